The van der Waals surface area contributed by atoms with Crippen LogP contribution in [0.15, 0.2) is 28.4 Å². The summed E-state index contributed by atoms with van der Waals surface area (Å²) in [5.74, 6) is 0.509. The first-order valence-corrected chi connectivity index (χ1v) is 4.13. The molecule has 1 aromatic rings. The molecule has 0 aromatic carbocycles. The molecule has 0 fully saturated rings. The smallest absolute Gasteiger partial charge is 0.195 e. The van der Waals surface area contributed by atoms with E-state index in [2.05, 4.69) is 20.3 Å². The zero-order valence-corrected chi connectivity index (χ0v) is 7.99. The Bertz CT molecular complexity index is 324. The Labute approximate surface area is 82.1 Å². The van der Waals surface area contributed by atoms with Gasteiger partial charge in [-0.1, -0.05) is 0 Å². The number of rotatable bonds is 2. The van der Waals surface area contributed by atoms with Crippen molar-refractivity contribution in [3.05, 3.63) is 24.0 Å². The number of H-pyrrole nitrogens is 1. The van der Waals surface area contributed by atoms with Gasteiger partial charge in [0.25, 0.3) is 0 Å². The van der Waals surface area contributed by atoms with Crippen LogP contribution in [0.4, 0.5) is 0 Å². The fourth-order valence-electron chi connectivity index (χ4n) is 0.860. The molecule has 1 rings (SSSR count). The summed E-state index contributed by atoms with van der Waals surface area (Å²) in [6.07, 6.45) is 3.68. The summed E-state index contributed by atoms with van der Waals surface area (Å²) >= 11 is 0. The quantitative estimate of drug-likeness (QED) is 0.372. The molecule has 0 aliphatic heterocycles. The Hall–Kier alpha value is -1.98. The molecule has 1 heterocycles. The number of aromatic amines is 1. The maximum Gasteiger partial charge on any atom is 0.195 e. The molecule has 0 atom stereocenters. The van der Waals surface area contributed by atoms with Crippen LogP contribution in [0.2, 0.25) is 0 Å². The Balaban J connectivity index is 2.45. The lowest BCUT2D eigenvalue weighted by molar-refractivity contribution is 1.04. The minimum absolute atomic E-state index is 0.250. The highest BCUT2D eigenvalue weighted by Crippen LogP contribution is 1.97. The Kier molecular flexibility index (Phi) is 3.54. The van der Waals surface area contributed by atoms with Gasteiger partial charge in [0.1, 0.15) is 0 Å². The predicted molar refractivity (Wildman–Crippen MR) is 56.8 cm³/mol. The lowest BCUT2D eigenvalue weighted by atomic mass is 10.3. The molecular formula is C8H14N6. The van der Waals surface area contributed by atoms with Crippen LogP contribution in [0.25, 0.3) is 0 Å². The van der Waals surface area contributed by atoms with Gasteiger partial charge in [-0.15, -0.1) is 0 Å². The topological polar surface area (TPSA) is 105 Å². The summed E-state index contributed by atoms with van der Waals surface area (Å²) in [4.78, 5) is 10.7. The number of hydrogen-bond acceptors (Lipinski definition) is 2. The molecule has 0 unspecified atom stereocenters. The molecule has 0 spiro atoms. The number of nitrogens with one attached hydrogen (secondary N) is 2. The number of aliphatic imine (C=N–C) groups is 2. The highest BCUT2D eigenvalue weighted by atomic mass is 15.2. The van der Waals surface area contributed by atoms with Crippen molar-refractivity contribution in [1.82, 2.24) is 10.3 Å². The van der Waals surface area contributed by atoms with E-state index in [0.717, 1.165) is 5.56 Å². The summed E-state index contributed by atoms with van der Waals surface area (Å²) in [5, 5.41) is 2.64. The van der Waals surface area contributed by atoms with E-state index >= 15 is 0 Å². The van der Waals surface area contributed by atoms with Gasteiger partial charge in [0.05, 0.1) is 6.54 Å². The maximum absolute atomic E-state index is 5.53. The monoisotopic (exact) mass is 194 g/mol. The second-order valence-corrected chi connectivity index (χ2v) is 2.65. The molecule has 1 aromatic heterocycles. The third kappa shape index (κ3) is 3.18. The first-order valence-electron chi connectivity index (χ1n) is 4.13. The van der Waals surface area contributed by atoms with E-state index in [-0.39, 0.29) is 11.9 Å². The Morgan fingerprint density at radius 2 is 2.29 bits per heavy atom. The van der Waals surface area contributed by atoms with Gasteiger partial charge in [-0.3, -0.25) is 10.3 Å². The zero-order chi connectivity index (χ0) is 10.4. The van der Waals surface area contributed by atoms with E-state index in [0.29, 0.717) is 6.54 Å². The fraction of sp³-hybridized carbons (Fsp3) is 0.250. The average Bonchev–Trinajstić information content (AvgIpc) is 2.67. The molecule has 14 heavy (non-hydrogen) atoms. The van der Waals surface area contributed by atoms with Crippen molar-refractivity contribution < 1.29 is 0 Å². The van der Waals surface area contributed by atoms with Crippen LogP contribution in [0, 0.1) is 0 Å². The second kappa shape index (κ2) is 4.90. The molecule has 0 amide bonds. The molecule has 0 aliphatic carbocycles. The first kappa shape index (κ1) is 10.1. The Morgan fingerprint density at radius 3 is 2.86 bits per heavy atom. The number of nitrogens with zero attached hydrogens (tertiary/aromatic N) is 2. The van der Waals surface area contributed by atoms with Crippen LogP contribution < -0.4 is 16.8 Å². The predicted octanol–water partition coefficient (Wildman–Crippen LogP) is -0.636. The SMILES string of the molecule is CN=C(N)NC(N)=NCc1cc[nH]c1. The fourth-order valence-corrected chi connectivity index (χ4v) is 0.860. The maximum atomic E-state index is 5.53. The van der Waals surface area contributed by atoms with Crippen LogP contribution in [-0.2, 0) is 6.54 Å². The van der Waals surface area contributed by atoms with Crippen molar-refractivity contribution in [3.63, 3.8) is 0 Å². The molecule has 0 radical (unpaired) electrons. The average molecular weight is 194 g/mol. The van der Waals surface area contributed by atoms with E-state index in [1.165, 1.54) is 0 Å². The summed E-state index contributed by atoms with van der Waals surface area (Å²) in [7, 11) is 1.57. The van der Waals surface area contributed by atoms with Crippen molar-refractivity contribution in [2.45, 2.75) is 6.54 Å². The molecule has 0 aliphatic rings. The van der Waals surface area contributed by atoms with Gasteiger partial charge in [-0.05, 0) is 11.6 Å². The van der Waals surface area contributed by atoms with Gasteiger partial charge in [-0.25, -0.2) is 4.99 Å². The van der Waals surface area contributed by atoms with E-state index in [9.17, 15) is 0 Å². The van der Waals surface area contributed by atoms with Gasteiger partial charge in [0.2, 0.25) is 0 Å². The molecule has 6 N–H and O–H groups in total. The summed E-state index contributed by atoms with van der Waals surface area (Å²) < 4.78 is 0. The Morgan fingerprint density at radius 1 is 1.50 bits per heavy atom. The van der Waals surface area contributed by atoms with E-state index in [1.807, 2.05) is 18.5 Å². The van der Waals surface area contributed by atoms with Crippen molar-refractivity contribution in [2.24, 2.45) is 21.5 Å². The van der Waals surface area contributed by atoms with E-state index in [1.54, 1.807) is 7.05 Å². The molecule has 0 saturated carbocycles. The van der Waals surface area contributed by atoms with Crippen LogP contribution in [0.5, 0.6) is 0 Å². The van der Waals surface area contributed by atoms with Crippen LogP contribution in [-0.4, -0.2) is 24.0 Å². The normalized spacial score (nSPS) is 12.9. The van der Waals surface area contributed by atoms with Crippen LogP contribution in [0.3, 0.4) is 0 Å². The van der Waals surface area contributed by atoms with Crippen LogP contribution in [0.1, 0.15) is 5.56 Å². The van der Waals surface area contributed by atoms with Crippen molar-refractivity contribution in [2.75, 3.05) is 7.05 Å². The summed E-state index contributed by atoms with van der Waals surface area (Å²) in [6, 6.07) is 1.92. The van der Waals surface area contributed by atoms with E-state index in [4.69, 9.17) is 11.5 Å². The molecular weight excluding hydrogens is 180 g/mol. The highest BCUT2D eigenvalue weighted by molar-refractivity contribution is 5.96. The number of nitrogens with two attached hydrogens (primary N) is 2. The minimum atomic E-state index is 0.250. The number of hydrogen-bond donors (Lipinski definition) is 4. The van der Waals surface area contributed by atoms with Gasteiger partial charge >= 0.3 is 0 Å². The first-order chi connectivity index (χ1) is 6.72. The third-order valence-electron chi connectivity index (χ3n) is 1.59. The van der Waals surface area contributed by atoms with Gasteiger partial charge < -0.3 is 16.5 Å². The lowest BCUT2D eigenvalue weighted by Crippen LogP contribution is -2.41. The van der Waals surface area contributed by atoms with Crippen molar-refractivity contribution >= 4 is 11.9 Å². The number of guanidine groups is 2. The van der Waals surface area contributed by atoms with Crippen molar-refractivity contribution in [1.29, 1.82) is 0 Å². The van der Waals surface area contributed by atoms with Gasteiger partial charge in [0, 0.05) is 19.4 Å². The molecule has 0 bridgehead atoms. The van der Waals surface area contributed by atoms with Gasteiger partial charge in [0.15, 0.2) is 11.9 Å². The third-order valence-corrected chi connectivity index (χ3v) is 1.59. The standard InChI is InChI=1S/C8H14N6/c1-11-7(9)14-8(10)13-5-6-2-3-12-4-6/h2-4,12H,5H2,1H3,(H5,9,10,11,13,14). The highest BCUT2D eigenvalue weighted by Gasteiger charge is 1.94. The van der Waals surface area contributed by atoms with Crippen molar-refractivity contribution in [3.8, 4) is 0 Å². The lowest BCUT2D eigenvalue weighted by Gasteiger charge is -2.02. The number of aromatic nitrogens is 1. The largest absolute Gasteiger partial charge is 0.370 e. The molecule has 6 nitrogen and oxygen atoms in total. The minimum Gasteiger partial charge on any atom is -0.370 e. The van der Waals surface area contributed by atoms with E-state index < -0.39 is 0 Å². The van der Waals surface area contributed by atoms with Crippen LogP contribution >= 0.6 is 0 Å². The van der Waals surface area contributed by atoms with Gasteiger partial charge in [-0.2, -0.15) is 0 Å². The molecule has 6 heteroatoms. The molecule has 76 valence electrons. The molecule has 0 saturated heterocycles. The zero-order valence-electron chi connectivity index (χ0n) is 7.99. The summed E-state index contributed by atoms with van der Waals surface area (Å²) in [6.45, 7) is 0.513. The second-order valence-electron chi connectivity index (χ2n) is 2.65. The summed E-state index contributed by atoms with van der Waals surface area (Å²) in [5.41, 5.74) is 12.0.